The first-order valence-electron chi connectivity index (χ1n) is 3.93. The molecule has 0 bridgehead atoms. The normalized spacial score (nSPS) is 10.5. The summed E-state index contributed by atoms with van der Waals surface area (Å²) < 4.78 is 12.9. The van der Waals surface area contributed by atoms with Gasteiger partial charge in [-0.05, 0) is 24.3 Å². The smallest absolute Gasteiger partial charge is 0.140 e. The maximum absolute atomic E-state index is 12.9. The first kappa shape index (κ1) is 9.18. The van der Waals surface area contributed by atoms with E-state index in [1.165, 1.54) is 12.1 Å². The van der Waals surface area contributed by atoms with Crippen LogP contribution in [0.2, 0.25) is 5.02 Å². The number of nitrogens with one attached hydrogen (secondary N) is 1. The molecule has 1 aromatic carbocycles. The average Bonchev–Trinajstić information content (AvgIpc) is 2.17. The molecule has 0 saturated heterocycles. The molecule has 1 aromatic heterocycles. The molecular weight excluding hydrogens is 205 g/mol. The van der Waals surface area contributed by atoms with Gasteiger partial charge in [0.15, 0.2) is 0 Å². The average molecular weight is 212 g/mol. The summed E-state index contributed by atoms with van der Waals surface area (Å²) in [7, 11) is 0. The van der Waals surface area contributed by atoms with Gasteiger partial charge >= 0.3 is 0 Å². The summed E-state index contributed by atoms with van der Waals surface area (Å²) in [6.07, 6.45) is 0. The molecule has 3 N–H and O–H groups in total. The molecule has 3 nitrogen and oxygen atoms in total. The Hall–Kier alpha value is -1.39. The number of aromatic nitrogens is 1. The van der Waals surface area contributed by atoms with Gasteiger partial charge in [0, 0.05) is 5.39 Å². The number of hydrazine groups is 1. The molecule has 0 unspecified atom stereocenters. The number of nitrogens with two attached hydrogens (primary N) is 1. The number of benzene rings is 1. The maximum atomic E-state index is 12.9. The number of pyridine rings is 1. The number of anilines is 1. The summed E-state index contributed by atoms with van der Waals surface area (Å²) >= 11 is 5.82. The molecule has 0 fully saturated rings. The van der Waals surface area contributed by atoms with E-state index in [0.717, 1.165) is 0 Å². The lowest BCUT2D eigenvalue weighted by atomic mass is 10.2. The SMILES string of the molecule is NNc1ccc2cc(F)cc(Cl)c2n1. The van der Waals surface area contributed by atoms with Gasteiger partial charge in [0.05, 0.1) is 10.5 Å². The molecule has 2 aromatic rings. The van der Waals surface area contributed by atoms with E-state index in [2.05, 4.69) is 10.4 Å². The van der Waals surface area contributed by atoms with E-state index in [-0.39, 0.29) is 10.8 Å². The number of fused-ring (bicyclic) bond motifs is 1. The van der Waals surface area contributed by atoms with Crippen LogP contribution in [-0.4, -0.2) is 4.98 Å². The van der Waals surface area contributed by atoms with E-state index in [0.29, 0.717) is 16.7 Å². The molecule has 0 amide bonds. The second-order valence-corrected chi connectivity index (χ2v) is 3.21. The lowest BCUT2D eigenvalue weighted by molar-refractivity contribution is 0.629. The van der Waals surface area contributed by atoms with Gasteiger partial charge in [-0.25, -0.2) is 15.2 Å². The molecule has 0 atom stereocenters. The predicted molar refractivity (Wildman–Crippen MR) is 54.5 cm³/mol. The van der Waals surface area contributed by atoms with Gasteiger partial charge in [-0.2, -0.15) is 0 Å². The fourth-order valence-electron chi connectivity index (χ4n) is 1.24. The van der Waals surface area contributed by atoms with Gasteiger partial charge in [-0.1, -0.05) is 11.6 Å². The highest BCUT2D eigenvalue weighted by Crippen LogP contribution is 2.24. The van der Waals surface area contributed by atoms with Crippen LogP contribution in [0.15, 0.2) is 24.3 Å². The fourth-order valence-corrected chi connectivity index (χ4v) is 1.49. The van der Waals surface area contributed by atoms with Crippen LogP contribution >= 0.6 is 11.6 Å². The van der Waals surface area contributed by atoms with E-state index < -0.39 is 0 Å². The second-order valence-electron chi connectivity index (χ2n) is 2.80. The Morgan fingerprint density at radius 3 is 2.86 bits per heavy atom. The van der Waals surface area contributed by atoms with Crippen molar-refractivity contribution in [3.05, 3.63) is 35.1 Å². The van der Waals surface area contributed by atoms with Crippen molar-refractivity contribution in [3.8, 4) is 0 Å². The highest BCUT2D eigenvalue weighted by atomic mass is 35.5. The maximum Gasteiger partial charge on any atom is 0.140 e. The Morgan fingerprint density at radius 1 is 1.36 bits per heavy atom. The Morgan fingerprint density at radius 2 is 2.14 bits per heavy atom. The van der Waals surface area contributed by atoms with Crippen molar-refractivity contribution < 1.29 is 4.39 Å². The standard InChI is InChI=1S/C9H7ClFN3/c10-7-4-6(11)3-5-1-2-8(14-12)13-9(5)7/h1-4H,12H2,(H,13,14). The monoisotopic (exact) mass is 211 g/mol. The van der Waals surface area contributed by atoms with Gasteiger partial charge < -0.3 is 5.43 Å². The van der Waals surface area contributed by atoms with Crippen molar-refractivity contribution in [3.63, 3.8) is 0 Å². The zero-order valence-corrected chi connectivity index (χ0v) is 7.85. The van der Waals surface area contributed by atoms with Crippen molar-refractivity contribution in [1.82, 2.24) is 4.98 Å². The van der Waals surface area contributed by atoms with Crippen molar-refractivity contribution in [1.29, 1.82) is 0 Å². The minimum Gasteiger partial charge on any atom is -0.308 e. The van der Waals surface area contributed by atoms with Gasteiger partial charge in [-0.15, -0.1) is 0 Å². The van der Waals surface area contributed by atoms with E-state index in [1.807, 2.05) is 0 Å². The van der Waals surface area contributed by atoms with Crippen molar-refractivity contribution in [2.24, 2.45) is 5.84 Å². The molecule has 2 rings (SSSR count). The summed E-state index contributed by atoms with van der Waals surface area (Å²) in [5.41, 5.74) is 2.93. The van der Waals surface area contributed by atoms with Gasteiger partial charge in [0.1, 0.15) is 11.6 Å². The van der Waals surface area contributed by atoms with Crippen LogP contribution in [-0.2, 0) is 0 Å². The summed E-state index contributed by atoms with van der Waals surface area (Å²) in [6.45, 7) is 0. The van der Waals surface area contributed by atoms with E-state index in [9.17, 15) is 4.39 Å². The van der Waals surface area contributed by atoms with Crippen LogP contribution in [0.5, 0.6) is 0 Å². The zero-order valence-electron chi connectivity index (χ0n) is 7.09. The Balaban J connectivity index is 2.75. The van der Waals surface area contributed by atoms with E-state index in [1.54, 1.807) is 12.1 Å². The van der Waals surface area contributed by atoms with Crippen LogP contribution in [0.4, 0.5) is 10.2 Å². The number of rotatable bonds is 1. The number of nitrogen functional groups attached to an aromatic ring is 1. The highest BCUT2D eigenvalue weighted by molar-refractivity contribution is 6.35. The predicted octanol–water partition coefficient (Wildman–Crippen LogP) is 2.31. The number of hydrogen-bond donors (Lipinski definition) is 2. The number of halogens is 2. The quantitative estimate of drug-likeness (QED) is 0.562. The summed E-state index contributed by atoms with van der Waals surface area (Å²) in [5, 5.41) is 0.922. The van der Waals surface area contributed by atoms with Crippen molar-refractivity contribution in [2.75, 3.05) is 5.43 Å². The number of nitrogens with zero attached hydrogens (tertiary/aromatic N) is 1. The first-order chi connectivity index (χ1) is 6.70. The summed E-state index contributed by atoms with van der Waals surface area (Å²) in [6, 6.07) is 5.94. The van der Waals surface area contributed by atoms with Crippen molar-refractivity contribution in [2.45, 2.75) is 0 Å². The lowest BCUT2D eigenvalue weighted by Crippen LogP contribution is -2.08. The third kappa shape index (κ3) is 1.49. The highest BCUT2D eigenvalue weighted by Gasteiger charge is 2.04. The minimum atomic E-state index is -0.377. The van der Waals surface area contributed by atoms with Gasteiger partial charge in [0.25, 0.3) is 0 Å². The number of hydrogen-bond acceptors (Lipinski definition) is 3. The van der Waals surface area contributed by atoms with Crippen molar-refractivity contribution >= 4 is 28.3 Å². The lowest BCUT2D eigenvalue weighted by Gasteiger charge is -2.03. The molecule has 14 heavy (non-hydrogen) atoms. The fraction of sp³-hybridized carbons (Fsp3) is 0. The summed E-state index contributed by atoms with van der Waals surface area (Å²) in [5.74, 6) is 5.31. The molecule has 0 radical (unpaired) electrons. The van der Waals surface area contributed by atoms with Crippen LogP contribution in [0.1, 0.15) is 0 Å². The molecule has 0 saturated carbocycles. The van der Waals surface area contributed by atoms with Crippen LogP contribution in [0.3, 0.4) is 0 Å². The molecule has 0 aliphatic rings. The molecule has 72 valence electrons. The molecule has 0 aliphatic carbocycles. The second kappa shape index (κ2) is 3.40. The van der Waals surface area contributed by atoms with Crippen LogP contribution in [0, 0.1) is 5.82 Å². The van der Waals surface area contributed by atoms with Gasteiger partial charge in [-0.3, -0.25) is 0 Å². The van der Waals surface area contributed by atoms with Crippen LogP contribution < -0.4 is 11.3 Å². The molecule has 1 heterocycles. The van der Waals surface area contributed by atoms with Gasteiger partial charge in [0.2, 0.25) is 0 Å². The Labute approximate surface area is 84.7 Å². The van der Waals surface area contributed by atoms with E-state index in [4.69, 9.17) is 17.4 Å². The topological polar surface area (TPSA) is 50.9 Å². The minimum absolute atomic E-state index is 0.275. The summed E-state index contributed by atoms with van der Waals surface area (Å²) in [4.78, 5) is 4.10. The third-order valence-corrected chi connectivity index (χ3v) is 2.15. The Bertz CT molecular complexity index is 487. The molecule has 0 aliphatic heterocycles. The molecule has 0 spiro atoms. The third-order valence-electron chi connectivity index (χ3n) is 1.86. The molecular formula is C9H7ClFN3. The Kier molecular flexibility index (Phi) is 2.23. The molecule has 5 heteroatoms. The largest absolute Gasteiger partial charge is 0.308 e. The zero-order chi connectivity index (χ0) is 10.1. The van der Waals surface area contributed by atoms with E-state index >= 15 is 0 Å². The first-order valence-corrected chi connectivity index (χ1v) is 4.31. The van der Waals surface area contributed by atoms with Crippen LogP contribution in [0.25, 0.3) is 10.9 Å².